The molecule has 0 aromatic heterocycles. The lowest BCUT2D eigenvalue weighted by atomic mass is 9.99. The minimum Gasteiger partial charge on any atom is -0.466 e. The van der Waals surface area contributed by atoms with E-state index in [4.69, 9.17) is 17.0 Å². The van der Waals surface area contributed by atoms with E-state index in [1.165, 1.54) is 0 Å². The number of allylic oxidation sites excluding steroid dienone is 12. The number of thiocarbonyl (C=S) groups is 1. The van der Waals surface area contributed by atoms with E-state index in [0.717, 1.165) is 43.4 Å². The number of ether oxygens (including phenoxy) is 1. The second-order valence-corrected chi connectivity index (χ2v) is 7.70. The van der Waals surface area contributed by atoms with Gasteiger partial charge >= 0.3 is 5.97 Å². The molecule has 0 aliphatic carbocycles. The van der Waals surface area contributed by atoms with Crippen molar-refractivity contribution in [3.05, 3.63) is 72.9 Å². The molecule has 0 radical (unpaired) electrons. The monoisotopic (exact) mass is 428 g/mol. The Hall–Kier alpha value is -2.00. The van der Waals surface area contributed by atoms with Gasteiger partial charge in [0.1, 0.15) is 0 Å². The van der Waals surface area contributed by atoms with Gasteiger partial charge in [-0.15, -0.1) is 0 Å². The lowest BCUT2D eigenvalue weighted by molar-refractivity contribution is -0.147. The van der Waals surface area contributed by atoms with Crippen LogP contribution in [0.25, 0.3) is 0 Å². The van der Waals surface area contributed by atoms with Crippen LogP contribution in [0, 0.1) is 5.92 Å². The van der Waals surface area contributed by atoms with Crippen molar-refractivity contribution in [3.63, 3.8) is 0 Å². The van der Waals surface area contributed by atoms with Crippen molar-refractivity contribution in [2.75, 3.05) is 6.61 Å². The van der Waals surface area contributed by atoms with Gasteiger partial charge in [0, 0.05) is 0 Å². The van der Waals surface area contributed by atoms with Crippen LogP contribution >= 0.6 is 12.2 Å². The molecule has 0 saturated heterocycles. The van der Waals surface area contributed by atoms with Crippen molar-refractivity contribution in [2.45, 2.75) is 72.1 Å². The van der Waals surface area contributed by atoms with Crippen molar-refractivity contribution in [1.82, 2.24) is 0 Å². The summed E-state index contributed by atoms with van der Waals surface area (Å²) >= 11 is 5.14. The maximum atomic E-state index is 11.9. The molecule has 0 aliphatic rings. The molecule has 0 amide bonds. The number of carbonyl (C=O) groups is 1. The molecular formula is C27H40O2S. The van der Waals surface area contributed by atoms with Crippen LogP contribution in [0.15, 0.2) is 72.9 Å². The first-order valence-corrected chi connectivity index (χ1v) is 11.6. The first kappa shape index (κ1) is 28.0. The highest BCUT2D eigenvalue weighted by Crippen LogP contribution is 2.13. The van der Waals surface area contributed by atoms with Gasteiger partial charge in [0.15, 0.2) is 0 Å². The van der Waals surface area contributed by atoms with Gasteiger partial charge < -0.3 is 4.74 Å². The summed E-state index contributed by atoms with van der Waals surface area (Å²) in [5.74, 6) is -0.312. The van der Waals surface area contributed by atoms with Crippen molar-refractivity contribution in [1.29, 1.82) is 0 Å². The first-order valence-electron chi connectivity index (χ1n) is 11.2. The number of rotatable bonds is 17. The fraction of sp³-hybridized carbons (Fsp3) is 0.481. The quantitative estimate of drug-likeness (QED) is 0.133. The van der Waals surface area contributed by atoms with Gasteiger partial charge in [-0.3, -0.25) is 4.79 Å². The SMILES string of the molecule is CCC=CCC=CCC=CCC=CCC=CCC=CCC(CC(C)=S)C(=O)OCC. The molecule has 30 heavy (non-hydrogen) atoms. The van der Waals surface area contributed by atoms with Crippen LogP contribution in [0.4, 0.5) is 0 Å². The van der Waals surface area contributed by atoms with Gasteiger partial charge in [0.25, 0.3) is 0 Å². The Morgan fingerprint density at radius 3 is 1.50 bits per heavy atom. The van der Waals surface area contributed by atoms with E-state index >= 15 is 0 Å². The number of esters is 1. The second-order valence-electron chi connectivity index (χ2n) is 7.01. The van der Waals surface area contributed by atoms with Crippen molar-refractivity contribution >= 4 is 23.1 Å². The molecule has 1 atom stereocenters. The molecule has 1 unspecified atom stereocenters. The molecule has 0 aliphatic heterocycles. The van der Waals surface area contributed by atoms with Gasteiger partial charge in [0.2, 0.25) is 0 Å². The Kier molecular flexibility index (Phi) is 20.3. The minimum atomic E-state index is -0.160. The third-order valence-corrected chi connectivity index (χ3v) is 4.34. The van der Waals surface area contributed by atoms with E-state index in [1.807, 2.05) is 13.8 Å². The molecule has 0 N–H and O–H groups in total. The number of hydrogen-bond donors (Lipinski definition) is 0. The standard InChI is InChI=1S/C27H40O2S/c1-4-6-7-8-9-10-11-12-13-14-15-16-17-18-19-20-21-22-23-26(24-25(3)30)27(28)29-5-2/h6-7,9-10,12-13,15-16,18-19,21-22,26H,4-5,8,11,14,17,20,23-24H2,1-3H3. The predicted molar refractivity (Wildman–Crippen MR) is 136 cm³/mol. The average Bonchev–Trinajstić information content (AvgIpc) is 2.72. The first-order chi connectivity index (χ1) is 14.6. The molecule has 0 heterocycles. The normalized spacial score (nSPS) is 13.7. The molecule has 0 spiro atoms. The summed E-state index contributed by atoms with van der Waals surface area (Å²) in [7, 11) is 0. The summed E-state index contributed by atoms with van der Waals surface area (Å²) < 4.78 is 5.13. The van der Waals surface area contributed by atoms with Gasteiger partial charge in [0.05, 0.1) is 12.5 Å². The maximum Gasteiger partial charge on any atom is 0.309 e. The molecular weight excluding hydrogens is 388 g/mol. The molecule has 3 heteroatoms. The predicted octanol–water partition coefficient (Wildman–Crippen LogP) is 8.03. The molecule has 0 aromatic carbocycles. The summed E-state index contributed by atoms with van der Waals surface area (Å²) in [6, 6.07) is 0. The Bertz CT molecular complexity index is 621. The zero-order valence-corrected chi connectivity index (χ0v) is 19.9. The van der Waals surface area contributed by atoms with Gasteiger partial charge in [-0.25, -0.2) is 0 Å². The molecule has 0 saturated carbocycles. The van der Waals surface area contributed by atoms with Crippen LogP contribution in [-0.2, 0) is 9.53 Å². The lowest BCUT2D eigenvalue weighted by Gasteiger charge is -2.12. The highest BCUT2D eigenvalue weighted by Gasteiger charge is 2.18. The van der Waals surface area contributed by atoms with Crippen molar-refractivity contribution in [2.24, 2.45) is 5.92 Å². The summed E-state index contributed by atoms with van der Waals surface area (Å²) in [6.45, 7) is 6.27. The lowest BCUT2D eigenvalue weighted by Crippen LogP contribution is -2.19. The summed E-state index contributed by atoms with van der Waals surface area (Å²) in [5.41, 5.74) is 0. The zero-order chi connectivity index (χ0) is 22.3. The van der Waals surface area contributed by atoms with Crippen LogP contribution in [0.3, 0.4) is 0 Å². The van der Waals surface area contributed by atoms with Crippen LogP contribution < -0.4 is 0 Å². The number of carbonyl (C=O) groups excluding carboxylic acids is 1. The highest BCUT2D eigenvalue weighted by atomic mass is 32.1. The van der Waals surface area contributed by atoms with E-state index in [0.29, 0.717) is 19.4 Å². The van der Waals surface area contributed by atoms with E-state index in [9.17, 15) is 4.79 Å². The summed E-state index contributed by atoms with van der Waals surface area (Å²) in [5, 5.41) is 0. The van der Waals surface area contributed by atoms with Gasteiger partial charge in [-0.2, -0.15) is 0 Å². The molecule has 0 rings (SSSR count). The van der Waals surface area contributed by atoms with Crippen LogP contribution in [-0.4, -0.2) is 17.4 Å². The fourth-order valence-electron chi connectivity index (χ4n) is 2.65. The Balaban J connectivity index is 3.91. The molecule has 166 valence electrons. The van der Waals surface area contributed by atoms with E-state index in [2.05, 4.69) is 79.8 Å². The summed E-state index contributed by atoms with van der Waals surface area (Å²) in [4.78, 5) is 12.8. The maximum absolute atomic E-state index is 11.9. The van der Waals surface area contributed by atoms with Crippen LogP contribution in [0.2, 0.25) is 0 Å². The summed E-state index contributed by atoms with van der Waals surface area (Å²) in [6.07, 6.45) is 33.3. The number of hydrogen-bond acceptors (Lipinski definition) is 3. The van der Waals surface area contributed by atoms with E-state index < -0.39 is 0 Å². The Morgan fingerprint density at radius 2 is 1.13 bits per heavy atom. The third-order valence-electron chi connectivity index (χ3n) is 4.17. The van der Waals surface area contributed by atoms with Crippen LogP contribution in [0.5, 0.6) is 0 Å². The van der Waals surface area contributed by atoms with Crippen molar-refractivity contribution in [3.8, 4) is 0 Å². The van der Waals surface area contributed by atoms with E-state index in [1.54, 1.807) is 0 Å². The van der Waals surface area contributed by atoms with Crippen LogP contribution in [0.1, 0.15) is 72.1 Å². The smallest absolute Gasteiger partial charge is 0.309 e. The van der Waals surface area contributed by atoms with Crippen molar-refractivity contribution < 1.29 is 9.53 Å². The largest absolute Gasteiger partial charge is 0.466 e. The third kappa shape index (κ3) is 19.3. The molecule has 0 fully saturated rings. The average molecular weight is 429 g/mol. The van der Waals surface area contributed by atoms with E-state index in [-0.39, 0.29) is 11.9 Å². The van der Waals surface area contributed by atoms with Gasteiger partial charge in [-0.1, -0.05) is 92.1 Å². The molecule has 0 bridgehead atoms. The molecule has 2 nitrogen and oxygen atoms in total. The second kappa shape index (κ2) is 21.7. The fourth-order valence-corrected chi connectivity index (χ4v) is 2.85. The van der Waals surface area contributed by atoms with Gasteiger partial charge in [-0.05, 0) is 70.1 Å². The molecule has 0 aromatic rings. The minimum absolute atomic E-state index is 0.152. The highest BCUT2D eigenvalue weighted by molar-refractivity contribution is 7.80. The zero-order valence-electron chi connectivity index (χ0n) is 19.1. The topological polar surface area (TPSA) is 26.3 Å². The Labute approximate surface area is 190 Å². The Morgan fingerprint density at radius 1 is 0.733 bits per heavy atom.